The van der Waals surface area contributed by atoms with E-state index in [1.54, 1.807) is 27.7 Å². The number of carboxylic acid groups (broad SMARTS) is 1. The van der Waals surface area contributed by atoms with Crippen LogP contribution in [0.2, 0.25) is 0 Å². The molecule has 1 aliphatic rings. The SMILES string of the molecule is CC[C@@H](C(=O)O)N(CCC(C)(C)C1(C)CCC1)C(=O)OC(C)(C)C. The van der Waals surface area contributed by atoms with E-state index in [1.165, 1.54) is 24.2 Å². The zero-order chi connectivity index (χ0) is 18.8. The largest absolute Gasteiger partial charge is 0.480 e. The minimum atomic E-state index is -0.976. The molecule has 0 bridgehead atoms. The van der Waals surface area contributed by atoms with Gasteiger partial charge in [-0.15, -0.1) is 0 Å². The summed E-state index contributed by atoms with van der Waals surface area (Å²) in [6.07, 6.45) is 4.25. The van der Waals surface area contributed by atoms with Gasteiger partial charge in [-0.05, 0) is 57.3 Å². The molecule has 0 saturated heterocycles. The molecule has 5 nitrogen and oxygen atoms in total. The first-order valence-corrected chi connectivity index (χ1v) is 9.05. The second-order valence-electron chi connectivity index (χ2n) is 8.98. The van der Waals surface area contributed by atoms with E-state index < -0.39 is 23.7 Å². The first-order valence-electron chi connectivity index (χ1n) is 9.05. The molecule has 1 aliphatic carbocycles. The zero-order valence-corrected chi connectivity index (χ0v) is 16.4. The van der Waals surface area contributed by atoms with E-state index >= 15 is 0 Å². The molecule has 0 unspecified atom stereocenters. The van der Waals surface area contributed by atoms with Crippen molar-refractivity contribution in [3.8, 4) is 0 Å². The maximum atomic E-state index is 12.6. The van der Waals surface area contributed by atoms with Gasteiger partial charge >= 0.3 is 12.1 Å². The molecular formula is C19H35NO4. The lowest BCUT2D eigenvalue weighted by atomic mass is 9.54. The highest BCUT2D eigenvalue weighted by Crippen LogP contribution is 2.55. The highest BCUT2D eigenvalue weighted by atomic mass is 16.6. The molecule has 0 spiro atoms. The van der Waals surface area contributed by atoms with E-state index in [0.717, 1.165) is 6.42 Å². The monoisotopic (exact) mass is 341 g/mol. The lowest BCUT2D eigenvalue weighted by Gasteiger charge is -2.51. The van der Waals surface area contributed by atoms with Gasteiger partial charge in [-0.25, -0.2) is 9.59 Å². The molecule has 0 heterocycles. The third-order valence-corrected chi connectivity index (χ3v) is 5.74. The van der Waals surface area contributed by atoms with Crippen LogP contribution in [0.1, 0.15) is 80.6 Å². The van der Waals surface area contributed by atoms with E-state index in [4.69, 9.17) is 4.74 Å². The molecule has 0 aromatic rings. The number of nitrogens with zero attached hydrogens (tertiary/aromatic N) is 1. The molecule has 1 N–H and O–H groups in total. The van der Waals surface area contributed by atoms with Crippen LogP contribution in [0.4, 0.5) is 4.79 Å². The number of hydrogen-bond acceptors (Lipinski definition) is 3. The van der Waals surface area contributed by atoms with Gasteiger partial charge in [0.15, 0.2) is 0 Å². The molecule has 0 aromatic carbocycles. The van der Waals surface area contributed by atoms with Crippen LogP contribution in [0, 0.1) is 10.8 Å². The lowest BCUT2D eigenvalue weighted by Crippen LogP contribution is -2.49. The lowest BCUT2D eigenvalue weighted by molar-refractivity contribution is -0.143. The van der Waals surface area contributed by atoms with Gasteiger partial charge in [-0.2, -0.15) is 0 Å². The van der Waals surface area contributed by atoms with E-state index in [0.29, 0.717) is 13.0 Å². The van der Waals surface area contributed by atoms with Gasteiger partial charge < -0.3 is 9.84 Å². The Morgan fingerprint density at radius 1 is 1.21 bits per heavy atom. The molecule has 0 aliphatic heterocycles. The molecule has 1 fully saturated rings. The summed E-state index contributed by atoms with van der Waals surface area (Å²) in [4.78, 5) is 25.5. The maximum Gasteiger partial charge on any atom is 0.411 e. The third kappa shape index (κ3) is 4.87. The number of carbonyl (C=O) groups is 2. The number of carbonyl (C=O) groups excluding carboxylic acids is 1. The molecular weight excluding hydrogens is 306 g/mol. The summed E-state index contributed by atoms with van der Waals surface area (Å²) in [5.74, 6) is -0.976. The van der Waals surface area contributed by atoms with Crippen LogP contribution in [-0.4, -0.2) is 40.3 Å². The van der Waals surface area contributed by atoms with Crippen molar-refractivity contribution >= 4 is 12.1 Å². The number of carboxylic acids is 1. The molecule has 1 amide bonds. The summed E-state index contributed by atoms with van der Waals surface area (Å²) in [6.45, 7) is 14.3. The van der Waals surface area contributed by atoms with Crippen LogP contribution in [-0.2, 0) is 9.53 Å². The number of rotatable bonds is 7. The highest BCUT2D eigenvalue weighted by Gasteiger charge is 2.45. The Balaban J connectivity index is 2.89. The Kier molecular flexibility index (Phi) is 6.34. The molecule has 5 heteroatoms. The number of ether oxygens (including phenoxy) is 1. The van der Waals surface area contributed by atoms with Crippen molar-refractivity contribution in [1.82, 2.24) is 4.90 Å². The van der Waals surface area contributed by atoms with Crippen LogP contribution in [0.15, 0.2) is 0 Å². The highest BCUT2D eigenvalue weighted by molar-refractivity contribution is 5.80. The smallest absolute Gasteiger partial charge is 0.411 e. The van der Waals surface area contributed by atoms with Gasteiger partial charge in [-0.3, -0.25) is 4.90 Å². The minimum absolute atomic E-state index is 0.0578. The van der Waals surface area contributed by atoms with Crippen molar-refractivity contribution in [2.24, 2.45) is 10.8 Å². The van der Waals surface area contributed by atoms with Crippen LogP contribution >= 0.6 is 0 Å². The molecule has 1 atom stereocenters. The molecule has 1 rings (SSSR count). The summed E-state index contributed by atoms with van der Waals surface area (Å²) < 4.78 is 5.45. The van der Waals surface area contributed by atoms with Gasteiger partial charge in [-0.1, -0.05) is 34.1 Å². The summed E-state index contributed by atoms with van der Waals surface area (Å²) in [7, 11) is 0. The first kappa shape index (κ1) is 20.8. The van der Waals surface area contributed by atoms with Crippen LogP contribution in [0.25, 0.3) is 0 Å². The van der Waals surface area contributed by atoms with Gasteiger partial charge in [0.1, 0.15) is 11.6 Å². The predicted molar refractivity (Wildman–Crippen MR) is 95.0 cm³/mol. The molecule has 24 heavy (non-hydrogen) atoms. The van der Waals surface area contributed by atoms with Gasteiger partial charge in [0.2, 0.25) is 0 Å². The Hall–Kier alpha value is -1.26. The van der Waals surface area contributed by atoms with Crippen LogP contribution in [0.5, 0.6) is 0 Å². The second-order valence-corrected chi connectivity index (χ2v) is 8.98. The topological polar surface area (TPSA) is 66.8 Å². The fourth-order valence-corrected chi connectivity index (χ4v) is 3.31. The Morgan fingerprint density at radius 3 is 2.08 bits per heavy atom. The Morgan fingerprint density at radius 2 is 1.75 bits per heavy atom. The fraction of sp³-hybridized carbons (Fsp3) is 0.895. The third-order valence-electron chi connectivity index (χ3n) is 5.74. The van der Waals surface area contributed by atoms with Crippen LogP contribution < -0.4 is 0 Å². The second kappa shape index (κ2) is 7.32. The van der Waals surface area contributed by atoms with Gasteiger partial charge in [0, 0.05) is 6.54 Å². The summed E-state index contributed by atoms with van der Waals surface area (Å²) >= 11 is 0. The van der Waals surface area contributed by atoms with Gasteiger partial charge in [0.05, 0.1) is 0 Å². The average Bonchev–Trinajstić information content (AvgIpc) is 2.37. The molecule has 140 valence electrons. The zero-order valence-electron chi connectivity index (χ0n) is 16.4. The van der Waals surface area contributed by atoms with E-state index in [1.807, 2.05) is 0 Å². The van der Waals surface area contributed by atoms with E-state index in [2.05, 4.69) is 20.8 Å². The van der Waals surface area contributed by atoms with Crippen molar-refractivity contribution in [3.63, 3.8) is 0 Å². The standard InChI is InChI=1S/C19H35NO4/c1-8-14(15(21)22)20(16(23)24-17(2,3)4)13-12-18(5,6)19(7)10-9-11-19/h14H,8-13H2,1-7H3,(H,21,22)/t14-/m0/s1. The number of hydrogen-bond donors (Lipinski definition) is 1. The normalized spacial score (nSPS) is 18.5. The molecule has 0 radical (unpaired) electrons. The Bertz CT molecular complexity index is 460. The quantitative estimate of drug-likeness (QED) is 0.729. The van der Waals surface area contributed by atoms with Crippen molar-refractivity contribution in [2.75, 3.05) is 6.54 Å². The first-order chi connectivity index (χ1) is 10.8. The summed E-state index contributed by atoms with van der Waals surface area (Å²) in [6, 6.07) is -0.843. The van der Waals surface area contributed by atoms with E-state index in [-0.39, 0.29) is 10.8 Å². The van der Waals surface area contributed by atoms with Crippen LogP contribution in [0.3, 0.4) is 0 Å². The fourth-order valence-electron chi connectivity index (χ4n) is 3.31. The Labute approximate surface area is 146 Å². The predicted octanol–water partition coefficient (Wildman–Crippen LogP) is 4.69. The number of amides is 1. The number of aliphatic carboxylic acids is 1. The summed E-state index contributed by atoms with van der Waals surface area (Å²) in [5, 5.41) is 9.49. The van der Waals surface area contributed by atoms with Crippen molar-refractivity contribution < 1.29 is 19.4 Å². The van der Waals surface area contributed by atoms with Crippen molar-refractivity contribution in [3.05, 3.63) is 0 Å². The van der Waals surface area contributed by atoms with Crippen molar-refractivity contribution in [2.45, 2.75) is 92.2 Å². The minimum Gasteiger partial charge on any atom is -0.480 e. The maximum absolute atomic E-state index is 12.6. The molecule has 0 aromatic heterocycles. The van der Waals surface area contributed by atoms with Gasteiger partial charge in [0.25, 0.3) is 0 Å². The average molecular weight is 341 g/mol. The van der Waals surface area contributed by atoms with Crippen molar-refractivity contribution in [1.29, 1.82) is 0 Å². The van der Waals surface area contributed by atoms with E-state index in [9.17, 15) is 14.7 Å². The molecule has 1 saturated carbocycles. The summed E-state index contributed by atoms with van der Waals surface area (Å²) in [5.41, 5.74) is -0.304.